The molecule has 1 N–H and O–H groups in total. The van der Waals surface area contributed by atoms with Crippen LogP contribution in [-0.2, 0) is 24.9 Å². The molecule has 2 nitrogen and oxygen atoms in total. The van der Waals surface area contributed by atoms with E-state index in [1.165, 1.54) is 47.1 Å². The third-order valence-corrected chi connectivity index (χ3v) is 9.55. The van der Waals surface area contributed by atoms with Gasteiger partial charge in [0.15, 0.2) is 0 Å². The van der Waals surface area contributed by atoms with Gasteiger partial charge in [-0.2, -0.15) is 0 Å². The van der Waals surface area contributed by atoms with E-state index in [1.54, 1.807) is 0 Å². The van der Waals surface area contributed by atoms with Crippen LogP contribution in [0.3, 0.4) is 0 Å². The van der Waals surface area contributed by atoms with Gasteiger partial charge in [0.1, 0.15) is 12.4 Å². The third-order valence-electron chi connectivity index (χ3n) is 9.55. The van der Waals surface area contributed by atoms with Gasteiger partial charge in [0, 0.05) is 5.41 Å². The summed E-state index contributed by atoms with van der Waals surface area (Å²) in [6.45, 7) is 2.76. The van der Waals surface area contributed by atoms with Crippen LogP contribution >= 0.6 is 0 Å². The number of ether oxygens (including phenoxy) is 1. The Labute approximate surface area is 216 Å². The molecule has 2 fully saturated rings. The van der Waals surface area contributed by atoms with Crippen molar-refractivity contribution in [1.82, 2.24) is 0 Å². The maximum absolute atomic E-state index is 11.6. The summed E-state index contributed by atoms with van der Waals surface area (Å²) < 4.78 is 6.28. The van der Waals surface area contributed by atoms with E-state index in [1.807, 2.05) is 0 Å². The second-order valence-electron chi connectivity index (χ2n) is 12.0. The molecule has 188 valence electrons. The summed E-state index contributed by atoms with van der Waals surface area (Å²) in [6.07, 6.45) is 11.2. The largest absolute Gasteiger partial charge is 0.489 e. The molecular formula is C34H40O2. The number of hydrogen-bond donors (Lipinski definition) is 1. The van der Waals surface area contributed by atoms with Crippen molar-refractivity contribution in [3.63, 3.8) is 0 Å². The first-order valence-corrected chi connectivity index (χ1v) is 14.1. The van der Waals surface area contributed by atoms with Crippen LogP contribution in [0.2, 0.25) is 0 Å². The van der Waals surface area contributed by atoms with Crippen LogP contribution in [0.15, 0.2) is 72.8 Å². The van der Waals surface area contributed by atoms with Gasteiger partial charge >= 0.3 is 0 Å². The van der Waals surface area contributed by atoms with Crippen molar-refractivity contribution in [1.29, 1.82) is 0 Å². The van der Waals surface area contributed by atoms with Crippen LogP contribution < -0.4 is 4.74 Å². The highest BCUT2D eigenvalue weighted by molar-refractivity contribution is 5.45. The van der Waals surface area contributed by atoms with E-state index in [-0.39, 0.29) is 5.41 Å². The van der Waals surface area contributed by atoms with Crippen molar-refractivity contribution in [2.75, 3.05) is 0 Å². The summed E-state index contributed by atoms with van der Waals surface area (Å²) in [5.41, 5.74) is 6.53. The molecule has 0 aromatic heterocycles. The normalized spacial score (nSPS) is 27.2. The van der Waals surface area contributed by atoms with Gasteiger partial charge in [0.25, 0.3) is 0 Å². The monoisotopic (exact) mass is 480 g/mol. The Morgan fingerprint density at radius 2 is 1.72 bits per heavy atom. The molecular weight excluding hydrogens is 440 g/mol. The first-order valence-electron chi connectivity index (χ1n) is 14.1. The van der Waals surface area contributed by atoms with Crippen LogP contribution in [0, 0.1) is 18.8 Å². The lowest BCUT2D eigenvalue weighted by atomic mass is 9.52. The smallest absolute Gasteiger partial charge is 0.120 e. The maximum atomic E-state index is 11.6. The summed E-state index contributed by atoms with van der Waals surface area (Å²) in [4.78, 5) is 0. The highest BCUT2D eigenvalue weighted by atomic mass is 16.5. The SMILES string of the molecule is Cc1ccccc1COc1ccc2c(c1)CC[C@@H]1C[C@@](O)(CCC3CC3)CC[C@@]21Cc1ccccc1. The number of benzene rings is 3. The van der Waals surface area contributed by atoms with Crippen molar-refractivity contribution in [3.05, 3.63) is 101 Å². The highest BCUT2D eigenvalue weighted by Crippen LogP contribution is 2.56. The molecule has 3 aromatic rings. The van der Waals surface area contributed by atoms with Gasteiger partial charge in [-0.25, -0.2) is 0 Å². The minimum absolute atomic E-state index is 0.106. The van der Waals surface area contributed by atoms with Crippen LogP contribution in [0.1, 0.15) is 79.2 Å². The molecule has 0 amide bonds. The van der Waals surface area contributed by atoms with E-state index in [9.17, 15) is 5.11 Å². The standard InChI is InChI=1S/C34H40O2/c1-25-7-5-6-10-29(25)24-36-31-15-16-32-28(21-31)13-14-30-23-33(35,18-17-26-11-12-26)19-20-34(30,32)22-27-8-3-2-4-9-27/h2-10,15-16,21,26,30,35H,11-14,17-20,22-24H2,1H3/t30-,33-,34+/m1/s1. The van der Waals surface area contributed by atoms with Crippen molar-refractivity contribution < 1.29 is 9.84 Å². The summed E-state index contributed by atoms with van der Waals surface area (Å²) in [5, 5.41) is 11.6. The second-order valence-corrected chi connectivity index (χ2v) is 12.0. The predicted molar refractivity (Wildman–Crippen MR) is 146 cm³/mol. The number of fused-ring (bicyclic) bond motifs is 3. The average Bonchev–Trinajstić information content (AvgIpc) is 3.73. The van der Waals surface area contributed by atoms with Crippen LogP contribution in [0.5, 0.6) is 5.75 Å². The van der Waals surface area contributed by atoms with E-state index >= 15 is 0 Å². The minimum Gasteiger partial charge on any atom is -0.489 e. The molecule has 6 rings (SSSR count). The van der Waals surface area contributed by atoms with Crippen LogP contribution in [0.4, 0.5) is 0 Å². The van der Waals surface area contributed by atoms with Crippen molar-refractivity contribution >= 4 is 0 Å². The second kappa shape index (κ2) is 9.71. The Kier molecular flexibility index (Phi) is 6.42. The molecule has 36 heavy (non-hydrogen) atoms. The van der Waals surface area contributed by atoms with Crippen LogP contribution in [-0.4, -0.2) is 10.7 Å². The Balaban J connectivity index is 1.27. The first kappa shape index (κ1) is 23.8. The van der Waals surface area contributed by atoms with E-state index in [2.05, 4.69) is 79.7 Å². The van der Waals surface area contributed by atoms with Crippen molar-refractivity contribution in [2.24, 2.45) is 11.8 Å². The van der Waals surface area contributed by atoms with Gasteiger partial charge in [0.2, 0.25) is 0 Å². The molecule has 3 atom stereocenters. The Hall–Kier alpha value is -2.58. The van der Waals surface area contributed by atoms with Gasteiger partial charge < -0.3 is 9.84 Å². The quantitative estimate of drug-likeness (QED) is 0.357. The summed E-state index contributed by atoms with van der Waals surface area (Å²) in [5.74, 6) is 2.39. The number of rotatable bonds is 8. The summed E-state index contributed by atoms with van der Waals surface area (Å²) in [6, 6.07) is 26.4. The molecule has 0 unspecified atom stereocenters. The predicted octanol–water partition coefficient (Wildman–Crippen LogP) is 7.72. The van der Waals surface area contributed by atoms with Gasteiger partial charge in [-0.3, -0.25) is 0 Å². The fraction of sp³-hybridized carbons (Fsp3) is 0.471. The third kappa shape index (κ3) is 4.85. The highest BCUT2D eigenvalue weighted by Gasteiger charge is 2.51. The Bertz CT molecular complexity index is 1200. The van der Waals surface area contributed by atoms with Gasteiger partial charge in [-0.15, -0.1) is 0 Å². The van der Waals surface area contributed by atoms with Gasteiger partial charge in [-0.1, -0.05) is 73.5 Å². The molecule has 0 heterocycles. The molecule has 0 bridgehead atoms. The van der Waals surface area contributed by atoms with E-state index in [0.717, 1.165) is 56.6 Å². The van der Waals surface area contributed by atoms with Crippen molar-refractivity contribution in [3.8, 4) is 5.75 Å². The lowest BCUT2D eigenvalue weighted by molar-refractivity contribution is -0.0581. The average molecular weight is 481 g/mol. The zero-order chi connectivity index (χ0) is 24.6. The molecule has 0 aliphatic heterocycles. The fourth-order valence-electron chi connectivity index (χ4n) is 7.16. The molecule has 3 aromatic carbocycles. The van der Waals surface area contributed by atoms with Gasteiger partial charge in [0.05, 0.1) is 5.60 Å². The van der Waals surface area contributed by atoms with E-state index < -0.39 is 5.60 Å². The zero-order valence-corrected chi connectivity index (χ0v) is 21.7. The van der Waals surface area contributed by atoms with Gasteiger partial charge in [-0.05, 0) is 110 Å². The summed E-state index contributed by atoms with van der Waals surface area (Å²) in [7, 11) is 0. The lowest BCUT2D eigenvalue weighted by Gasteiger charge is -2.53. The molecule has 0 saturated heterocycles. The molecule has 3 aliphatic carbocycles. The maximum Gasteiger partial charge on any atom is 0.120 e. The molecule has 0 radical (unpaired) electrons. The number of hydrogen-bond acceptors (Lipinski definition) is 2. The number of aliphatic hydroxyl groups is 1. The molecule has 2 heteroatoms. The zero-order valence-electron chi connectivity index (χ0n) is 21.7. The Morgan fingerprint density at radius 1 is 0.917 bits per heavy atom. The number of aryl methyl sites for hydroxylation is 2. The minimum atomic E-state index is -0.471. The van der Waals surface area contributed by atoms with E-state index in [4.69, 9.17) is 4.74 Å². The fourth-order valence-corrected chi connectivity index (χ4v) is 7.16. The Morgan fingerprint density at radius 3 is 2.53 bits per heavy atom. The summed E-state index contributed by atoms with van der Waals surface area (Å²) >= 11 is 0. The first-order chi connectivity index (χ1) is 17.5. The van der Waals surface area contributed by atoms with E-state index in [0.29, 0.717) is 12.5 Å². The topological polar surface area (TPSA) is 29.5 Å². The van der Waals surface area contributed by atoms with Crippen molar-refractivity contribution in [2.45, 2.75) is 88.8 Å². The molecule has 2 saturated carbocycles. The molecule has 0 spiro atoms. The lowest BCUT2D eigenvalue weighted by Crippen LogP contribution is -2.51. The van der Waals surface area contributed by atoms with Crippen LogP contribution in [0.25, 0.3) is 0 Å². The molecule has 3 aliphatic rings.